The second-order valence-electron chi connectivity index (χ2n) is 10.2. The highest BCUT2D eigenvalue weighted by Crippen LogP contribution is 2.64. The number of thiazole rings is 1. The van der Waals surface area contributed by atoms with E-state index in [1.165, 1.54) is 30.4 Å². The molecule has 1 aromatic heterocycles. The molecule has 2 atom stereocenters. The van der Waals surface area contributed by atoms with Crippen molar-refractivity contribution in [2.45, 2.75) is 48.8 Å². The van der Waals surface area contributed by atoms with E-state index in [1.807, 2.05) is 12.1 Å². The second kappa shape index (κ2) is 7.81. The lowest BCUT2D eigenvalue weighted by atomic mass is 9.49. The Bertz CT molecular complexity index is 1080. The van der Waals surface area contributed by atoms with E-state index in [-0.39, 0.29) is 21.6 Å². The van der Waals surface area contributed by atoms with Crippen molar-refractivity contribution in [1.29, 1.82) is 0 Å². The molecule has 1 amide bonds. The Labute approximate surface area is 201 Å². The molecule has 0 radical (unpaired) electrons. The summed E-state index contributed by atoms with van der Waals surface area (Å²) >= 11 is 5.57. The molecule has 7 rings (SSSR count). The minimum atomic E-state index is -0.225. The lowest BCUT2D eigenvalue weighted by Crippen LogP contribution is -2.57. The molecule has 5 heteroatoms. The summed E-state index contributed by atoms with van der Waals surface area (Å²) in [5.74, 6) is 1.62. The predicted octanol–water partition coefficient (Wildman–Crippen LogP) is 7.00. The molecule has 4 fully saturated rings. The van der Waals surface area contributed by atoms with Gasteiger partial charge in [0.1, 0.15) is 0 Å². The Morgan fingerprint density at radius 2 is 1.56 bits per heavy atom. The van der Waals surface area contributed by atoms with Gasteiger partial charge in [-0.2, -0.15) is 0 Å². The number of aromatic nitrogens is 1. The number of carbonyl (C=O) groups excluding carboxylic acids is 1. The second-order valence-corrected chi connectivity index (χ2v) is 12.7. The van der Waals surface area contributed by atoms with Gasteiger partial charge in [0, 0.05) is 9.70 Å². The van der Waals surface area contributed by atoms with E-state index < -0.39 is 0 Å². The summed E-state index contributed by atoms with van der Waals surface area (Å²) in [6.07, 6.45) is 6.81. The van der Waals surface area contributed by atoms with Crippen LogP contribution in [0.5, 0.6) is 0 Å². The maximum atomic E-state index is 13.6. The quantitative estimate of drug-likeness (QED) is 0.378. The summed E-state index contributed by atoms with van der Waals surface area (Å²) in [5, 5.41) is 6.07. The molecule has 4 bridgehead atoms. The summed E-state index contributed by atoms with van der Waals surface area (Å²) in [6.45, 7) is 0. The highest BCUT2D eigenvalue weighted by atomic mass is 79.9. The van der Waals surface area contributed by atoms with E-state index in [1.54, 1.807) is 11.3 Å². The van der Waals surface area contributed by atoms with Crippen molar-refractivity contribution in [2.24, 2.45) is 17.3 Å². The fourth-order valence-electron chi connectivity index (χ4n) is 6.95. The minimum Gasteiger partial charge on any atom is -0.301 e. The van der Waals surface area contributed by atoms with Crippen LogP contribution in [-0.2, 0) is 4.79 Å². The van der Waals surface area contributed by atoms with Gasteiger partial charge in [-0.25, -0.2) is 4.98 Å². The molecule has 0 aliphatic heterocycles. The smallest absolute Gasteiger partial charge is 0.232 e. The number of amides is 1. The van der Waals surface area contributed by atoms with Gasteiger partial charge in [0.15, 0.2) is 5.13 Å². The van der Waals surface area contributed by atoms with Crippen LogP contribution in [0.4, 0.5) is 5.13 Å². The number of hydrogen-bond donors (Lipinski definition) is 1. The van der Waals surface area contributed by atoms with Gasteiger partial charge >= 0.3 is 0 Å². The third-order valence-corrected chi connectivity index (χ3v) is 9.48. The summed E-state index contributed by atoms with van der Waals surface area (Å²) in [4.78, 5) is 18.5. The van der Waals surface area contributed by atoms with Gasteiger partial charge in [-0.1, -0.05) is 76.6 Å². The topological polar surface area (TPSA) is 42.0 Å². The number of halogens is 1. The van der Waals surface area contributed by atoms with Crippen molar-refractivity contribution >= 4 is 38.3 Å². The number of benzene rings is 2. The molecular weight excluding hydrogens is 480 g/mol. The first-order valence-electron chi connectivity index (χ1n) is 11.6. The summed E-state index contributed by atoms with van der Waals surface area (Å²) in [5.41, 5.74) is 3.19. The van der Waals surface area contributed by atoms with Gasteiger partial charge in [0.2, 0.25) is 5.91 Å². The Balaban J connectivity index is 1.27. The van der Waals surface area contributed by atoms with Gasteiger partial charge in [0.05, 0.1) is 17.0 Å². The molecule has 4 aliphatic carbocycles. The molecular formula is C27H27BrN2OS. The molecule has 2 aromatic carbocycles. The van der Waals surface area contributed by atoms with Crippen LogP contribution in [-0.4, -0.2) is 15.2 Å². The van der Waals surface area contributed by atoms with E-state index in [4.69, 9.17) is 4.98 Å². The summed E-state index contributed by atoms with van der Waals surface area (Å²) < 4.78 is 0.175. The fourth-order valence-corrected chi connectivity index (χ4v) is 9.13. The standard InChI is InChI=1S/C27H27BrN2OS/c28-27-14-18-11-19(15-27)13-26(12-18,17-27)24(31)30-25-29-22(16-32-25)23(20-7-3-1-4-8-20)21-9-5-2-6-10-21/h1-10,16,18-19,23H,11-15,17H2,(H,29,30,31). The average Bonchev–Trinajstić information content (AvgIpc) is 3.21. The molecule has 32 heavy (non-hydrogen) atoms. The fraction of sp³-hybridized carbons (Fsp3) is 0.407. The first kappa shape index (κ1) is 20.6. The van der Waals surface area contributed by atoms with Crippen LogP contribution in [0.3, 0.4) is 0 Å². The number of alkyl halides is 1. The molecule has 4 aliphatic rings. The average molecular weight is 507 g/mol. The van der Waals surface area contributed by atoms with Crippen LogP contribution in [0, 0.1) is 17.3 Å². The largest absolute Gasteiger partial charge is 0.301 e. The van der Waals surface area contributed by atoms with Crippen molar-refractivity contribution in [2.75, 3.05) is 5.32 Å². The Morgan fingerprint density at radius 3 is 2.12 bits per heavy atom. The molecule has 3 nitrogen and oxygen atoms in total. The van der Waals surface area contributed by atoms with E-state index in [0.29, 0.717) is 11.8 Å². The zero-order valence-corrected chi connectivity index (χ0v) is 20.4. The third kappa shape index (κ3) is 3.63. The molecule has 0 spiro atoms. The number of rotatable bonds is 5. The molecule has 1 N–H and O–H groups in total. The monoisotopic (exact) mass is 506 g/mol. The highest BCUT2D eigenvalue weighted by molar-refractivity contribution is 9.10. The van der Waals surface area contributed by atoms with Crippen LogP contribution in [0.1, 0.15) is 61.3 Å². The Morgan fingerprint density at radius 1 is 0.969 bits per heavy atom. The minimum absolute atomic E-state index is 0.0599. The number of carbonyl (C=O) groups is 1. The Kier molecular flexibility index (Phi) is 5.03. The van der Waals surface area contributed by atoms with Crippen molar-refractivity contribution < 1.29 is 4.79 Å². The molecule has 3 aromatic rings. The molecule has 2 unspecified atom stereocenters. The van der Waals surface area contributed by atoms with Crippen LogP contribution < -0.4 is 5.32 Å². The lowest BCUT2D eigenvalue weighted by molar-refractivity contribution is -0.138. The zero-order valence-electron chi connectivity index (χ0n) is 18.0. The van der Waals surface area contributed by atoms with Crippen molar-refractivity contribution in [3.8, 4) is 0 Å². The van der Waals surface area contributed by atoms with Gasteiger partial charge in [-0.05, 0) is 61.5 Å². The van der Waals surface area contributed by atoms with Crippen molar-refractivity contribution in [3.63, 3.8) is 0 Å². The van der Waals surface area contributed by atoms with Crippen LogP contribution in [0.15, 0.2) is 66.0 Å². The van der Waals surface area contributed by atoms with E-state index in [2.05, 4.69) is 75.2 Å². The summed E-state index contributed by atoms with van der Waals surface area (Å²) in [7, 11) is 0. The van der Waals surface area contributed by atoms with E-state index in [0.717, 1.165) is 30.1 Å². The van der Waals surface area contributed by atoms with Crippen molar-refractivity contribution in [3.05, 3.63) is 82.9 Å². The highest BCUT2D eigenvalue weighted by Gasteiger charge is 2.59. The maximum absolute atomic E-state index is 13.6. The molecule has 1 heterocycles. The normalized spacial score (nSPS) is 30.6. The number of anilines is 1. The third-order valence-electron chi connectivity index (χ3n) is 7.78. The van der Waals surface area contributed by atoms with Crippen LogP contribution in [0.2, 0.25) is 0 Å². The number of nitrogens with one attached hydrogen (secondary N) is 1. The van der Waals surface area contributed by atoms with Gasteiger partial charge in [-0.3, -0.25) is 4.79 Å². The molecule has 4 saturated carbocycles. The SMILES string of the molecule is O=C(Nc1nc(C(c2ccccc2)c2ccccc2)cs1)C12CC3CC(CC(Br)(C3)C1)C2. The van der Waals surface area contributed by atoms with Crippen LogP contribution in [0.25, 0.3) is 0 Å². The number of hydrogen-bond acceptors (Lipinski definition) is 3. The first-order chi connectivity index (χ1) is 15.5. The molecule has 0 saturated heterocycles. The molecule has 164 valence electrons. The summed E-state index contributed by atoms with van der Waals surface area (Å²) in [6, 6.07) is 21.0. The van der Waals surface area contributed by atoms with Gasteiger partial charge in [0.25, 0.3) is 0 Å². The zero-order chi connectivity index (χ0) is 21.8. The van der Waals surface area contributed by atoms with Gasteiger partial charge < -0.3 is 5.32 Å². The Hall–Kier alpha value is -1.98. The van der Waals surface area contributed by atoms with E-state index >= 15 is 0 Å². The lowest BCUT2D eigenvalue weighted by Gasteiger charge is -2.59. The van der Waals surface area contributed by atoms with Crippen LogP contribution >= 0.6 is 27.3 Å². The first-order valence-corrected chi connectivity index (χ1v) is 13.2. The predicted molar refractivity (Wildman–Crippen MR) is 133 cm³/mol. The van der Waals surface area contributed by atoms with Crippen molar-refractivity contribution in [1.82, 2.24) is 4.98 Å². The van der Waals surface area contributed by atoms with Gasteiger partial charge in [-0.15, -0.1) is 11.3 Å². The number of nitrogens with zero attached hydrogens (tertiary/aromatic N) is 1. The maximum Gasteiger partial charge on any atom is 0.232 e. The van der Waals surface area contributed by atoms with E-state index in [9.17, 15) is 4.79 Å².